The smallest absolute Gasteiger partial charge is 0.137 e. The first-order valence-electron chi connectivity index (χ1n) is 7.54. The van der Waals surface area contributed by atoms with E-state index in [9.17, 15) is 0 Å². The number of likely N-dealkylation sites (tertiary alicyclic amines) is 1. The Morgan fingerprint density at radius 2 is 2.05 bits per heavy atom. The summed E-state index contributed by atoms with van der Waals surface area (Å²) >= 11 is 0. The third-order valence-corrected chi connectivity index (χ3v) is 4.39. The number of rotatable bonds is 3. The van der Waals surface area contributed by atoms with Crippen molar-refractivity contribution >= 4 is 30.5 Å². The fraction of sp³-hybridized carbons (Fsp3) is 0.562. The van der Waals surface area contributed by atoms with Gasteiger partial charge in [-0.2, -0.15) is 0 Å². The van der Waals surface area contributed by atoms with Crippen LogP contribution >= 0.6 is 24.8 Å². The number of hydrogen-bond donors (Lipinski definition) is 1. The van der Waals surface area contributed by atoms with Crippen LogP contribution in [0.4, 0.5) is 0 Å². The van der Waals surface area contributed by atoms with Gasteiger partial charge in [-0.05, 0) is 43.9 Å². The molecule has 0 aliphatic carbocycles. The van der Waals surface area contributed by atoms with Gasteiger partial charge in [-0.1, -0.05) is 13.0 Å². The second-order valence-corrected chi connectivity index (χ2v) is 6.19. The van der Waals surface area contributed by atoms with Crippen LogP contribution in [-0.2, 0) is 6.54 Å². The first-order chi connectivity index (χ1) is 9.65. The summed E-state index contributed by atoms with van der Waals surface area (Å²) in [6.45, 7) is 7.23. The summed E-state index contributed by atoms with van der Waals surface area (Å²) in [5.74, 6) is 0.795. The monoisotopic (exact) mass is 344 g/mol. The topological polar surface area (TPSA) is 46.6 Å². The molecular formula is C16H26Cl2N4. The number of piperidine rings is 1. The molecule has 4 nitrogen and oxygen atoms in total. The second-order valence-electron chi connectivity index (χ2n) is 6.19. The molecule has 3 heterocycles. The van der Waals surface area contributed by atoms with Gasteiger partial charge in [0.25, 0.3) is 0 Å². The quantitative estimate of drug-likeness (QED) is 0.930. The van der Waals surface area contributed by atoms with Gasteiger partial charge in [0.05, 0.1) is 5.69 Å². The van der Waals surface area contributed by atoms with Gasteiger partial charge in [0.15, 0.2) is 0 Å². The van der Waals surface area contributed by atoms with Crippen molar-refractivity contribution in [3.8, 4) is 0 Å². The van der Waals surface area contributed by atoms with E-state index in [0.717, 1.165) is 36.9 Å². The average Bonchev–Trinajstić information content (AvgIpc) is 2.82. The van der Waals surface area contributed by atoms with Crippen LogP contribution in [0, 0.1) is 12.8 Å². The molecule has 2 N–H and O–H groups in total. The third kappa shape index (κ3) is 4.13. The standard InChI is InChI=1S/C16H24N4.2ClH/c1-12-5-6-19(15(7-12)8-17)10-14-11-20-9-13(2)3-4-16(20)18-14;;/h3-4,9,11-12,15H,5-8,10,17H2,1-2H3;2*1H. The van der Waals surface area contributed by atoms with Crippen LogP contribution in [-0.4, -0.2) is 33.4 Å². The van der Waals surface area contributed by atoms with Crippen LogP contribution < -0.4 is 5.73 Å². The summed E-state index contributed by atoms with van der Waals surface area (Å²) in [7, 11) is 0. The van der Waals surface area contributed by atoms with Crippen molar-refractivity contribution in [1.29, 1.82) is 0 Å². The Labute approximate surface area is 144 Å². The third-order valence-electron chi connectivity index (χ3n) is 4.39. The molecule has 2 unspecified atom stereocenters. The summed E-state index contributed by atoms with van der Waals surface area (Å²) < 4.78 is 2.12. The summed E-state index contributed by atoms with van der Waals surface area (Å²) in [4.78, 5) is 7.21. The lowest BCUT2D eigenvalue weighted by Crippen LogP contribution is -2.45. The van der Waals surface area contributed by atoms with Crippen molar-refractivity contribution in [3.05, 3.63) is 35.8 Å². The van der Waals surface area contributed by atoms with Crippen molar-refractivity contribution in [2.45, 2.75) is 39.3 Å². The van der Waals surface area contributed by atoms with Gasteiger partial charge in [0.1, 0.15) is 5.65 Å². The van der Waals surface area contributed by atoms with Crippen molar-refractivity contribution in [1.82, 2.24) is 14.3 Å². The zero-order valence-corrected chi connectivity index (χ0v) is 14.9. The number of imidazole rings is 1. The van der Waals surface area contributed by atoms with Gasteiger partial charge < -0.3 is 10.1 Å². The Morgan fingerprint density at radius 1 is 1.27 bits per heavy atom. The summed E-state index contributed by atoms with van der Waals surface area (Å²) in [5, 5.41) is 0. The first-order valence-corrected chi connectivity index (χ1v) is 7.54. The number of pyridine rings is 1. The van der Waals surface area contributed by atoms with Crippen molar-refractivity contribution in [2.75, 3.05) is 13.1 Å². The maximum Gasteiger partial charge on any atom is 0.137 e. The van der Waals surface area contributed by atoms with Crippen LogP contribution in [0.15, 0.2) is 24.5 Å². The molecule has 0 aromatic carbocycles. The number of halogens is 2. The zero-order valence-electron chi connectivity index (χ0n) is 13.2. The summed E-state index contributed by atoms with van der Waals surface area (Å²) in [5.41, 5.74) is 9.36. The van der Waals surface area contributed by atoms with Crippen molar-refractivity contribution < 1.29 is 0 Å². The number of aromatic nitrogens is 2. The van der Waals surface area contributed by atoms with Gasteiger partial charge in [-0.3, -0.25) is 4.90 Å². The molecule has 1 fully saturated rings. The summed E-state index contributed by atoms with van der Waals surface area (Å²) in [6.07, 6.45) is 6.75. The normalized spacial score (nSPS) is 22.1. The maximum absolute atomic E-state index is 5.94. The SMILES string of the molecule is Cc1ccc2nc(CN3CCC(C)CC3CN)cn2c1.Cl.Cl. The first kappa shape index (κ1) is 19.2. The molecule has 124 valence electrons. The molecule has 0 radical (unpaired) electrons. The van der Waals surface area contributed by atoms with Gasteiger partial charge >= 0.3 is 0 Å². The molecule has 2 aromatic heterocycles. The summed E-state index contributed by atoms with van der Waals surface area (Å²) in [6, 6.07) is 4.69. The van der Waals surface area contributed by atoms with Crippen LogP contribution in [0.1, 0.15) is 31.0 Å². The Morgan fingerprint density at radius 3 is 2.77 bits per heavy atom. The molecule has 2 aromatic rings. The molecule has 6 heteroatoms. The zero-order chi connectivity index (χ0) is 14.1. The van der Waals surface area contributed by atoms with Crippen LogP contribution in [0.3, 0.4) is 0 Å². The van der Waals surface area contributed by atoms with Crippen molar-refractivity contribution in [3.63, 3.8) is 0 Å². The number of nitrogens with two attached hydrogens (primary N) is 1. The molecule has 1 aliphatic heterocycles. The van der Waals surface area contributed by atoms with E-state index in [-0.39, 0.29) is 24.8 Å². The Bertz CT molecular complexity index is 599. The highest BCUT2D eigenvalue weighted by Crippen LogP contribution is 2.23. The van der Waals surface area contributed by atoms with Gasteiger partial charge in [-0.15, -0.1) is 24.8 Å². The van der Waals surface area contributed by atoms with Crippen molar-refractivity contribution in [2.24, 2.45) is 11.7 Å². The van der Waals surface area contributed by atoms with E-state index >= 15 is 0 Å². The molecule has 0 bridgehead atoms. The van der Waals surface area contributed by atoms with E-state index in [2.05, 4.69) is 47.7 Å². The molecule has 3 rings (SSSR count). The van der Waals surface area contributed by atoms with Gasteiger partial charge in [0.2, 0.25) is 0 Å². The Hall–Kier alpha value is -0.810. The number of nitrogens with zero attached hydrogens (tertiary/aromatic N) is 3. The van der Waals surface area contributed by atoms with E-state index in [1.165, 1.54) is 18.4 Å². The minimum absolute atomic E-state index is 0. The maximum atomic E-state index is 5.94. The van der Waals surface area contributed by atoms with Gasteiger partial charge in [0, 0.05) is 31.5 Å². The lowest BCUT2D eigenvalue weighted by atomic mass is 9.92. The van der Waals surface area contributed by atoms with Crippen LogP contribution in [0.25, 0.3) is 5.65 Å². The lowest BCUT2D eigenvalue weighted by molar-refractivity contribution is 0.114. The minimum atomic E-state index is 0. The van der Waals surface area contributed by atoms with E-state index in [1.54, 1.807) is 0 Å². The molecule has 1 aliphatic rings. The molecule has 1 saturated heterocycles. The van der Waals surface area contributed by atoms with E-state index in [0.29, 0.717) is 6.04 Å². The van der Waals surface area contributed by atoms with Crippen LogP contribution in [0.5, 0.6) is 0 Å². The van der Waals surface area contributed by atoms with E-state index in [4.69, 9.17) is 10.7 Å². The highest BCUT2D eigenvalue weighted by atomic mass is 35.5. The van der Waals surface area contributed by atoms with E-state index in [1.807, 2.05) is 0 Å². The highest BCUT2D eigenvalue weighted by molar-refractivity contribution is 5.85. The predicted molar refractivity (Wildman–Crippen MR) is 96.1 cm³/mol. The molecule has 22 heavy (non-hydrogen) atoms. The number of fused-ring (bicyclic) bond motifs is 1. The number of aryl methyl sites for hydroxylation is 1. The highest BCUT2D eigenvalue weighted by Gasteiger charge is 2.25. The Balaban J connectivity index is 0.00000121. The fourth-order valence-corrected chi connectivity index (χ4v) is 3.19. The van der Waals surface area contributed by atoms with E-state index < -0.39 is 0 Å². The largest absolute Gasteiger partial charge is 0.329 e. The fourth-order valence-electron chi connectivity index (χ4n) is 3.19. The second kappa shape index (κ2) is 8.16. The molecule has 0 saturated carbocycles. The minimum Gasteiger partial charge on any atom is -0.329 e. The lowest BCUT2D eigenvalue weighted by Gasteiger charge is -2.37. The molecule has 2 atom stereocenters. The Kier molecular flexibility index (Phi) is 7.13. The molecule has 0 amide bonds. The molecular weight excluding hydrogens is 319 g/mol. The van der Waals surface area contributed by atoms with Crippen LogP contribution in [0.2, 0.25) is 0 Å². The average molecular weight is 345 g/mol. The number of hydrogen-bond acceptors (Lipinski definition) is 3. The predicted octanol–water partition coefficient (Wildman–Crippen LogP) is 3.05. The van der Waals surface area contributed by atoms with Gasteiger partial charge in [-0.25, -0.2) is 4.98 Å². The molecule has 0 spiro atoms.